The molecule has 0 bridgehead atoms. The van der Waals surface area contributed by atoms with Gasteiger partial charge in [-0.15, -0.1) is 0 Å². The Bertz CT molecular complexity index is 1230. The molecule has 0 aromatic rings. The van der Waals surface area contributed by atoms with Crippen LogP contribution in [-0.4, -0.2) is 110 Å². The van der Waals surface area contributed by atoms with Gasteiger partial charge in [0.15, 0.2) is 0 Å². The molecule has 0 spiro atoms. The molecule has 0 saturated carbocycles. The minimum atomic E-state index is -0.202. The highest BCUT2D eigenvalue weighted by Gasteiger charge is 2.21. The summed E-state index contributed by atoms with van der Waals surface area (Å²) in [6, 6.07) is 0. The highest BCUT2D eigenvalue weighted by atomic mass is 33.1. The van der Waals surface area contributed by atoms with Crippen LogP contribution in [0.2, 0.25) is 0 Å². The number of esters is 4. The summed E-state index contributed by atoms with van der Waals surface area (Å²) in [6.07, 6.45) is 39.2. The van der Waals surface area contributed by atoms with Gasteiger partial charge in [-0.3, -0.25) is 19.2 Å². The molecule has 2 saturated heterocycles. The molecule has 0 aliphatic carbocycles. The van der Waals surface area contributed by atoms with Gasteiger partial charge in [-0.1, -0.05) is 164 Å². The molecule has 0 aromatic heterocycles. The quantitative estimate of drug-likeness (QED) is 0.0250. The van der Waals surface area contributed by atoms with Crippen LogP contribution in [-0.2, 0) is 38.1 Å². The zero-order valence-corrected chi connectivity index (χ0v) is 47.3. The van der Waals surface area contributed by atoms with Gasteiger partial charge in [-0.25, -0.2) is 0 Å². The van der Waals surface area contributed by atoms with Gasteiger partial charge in [0.05, 0.1) is 19.8 Å². The Kier molecular flexibility index (Phi) is 43.6. The molecular weight excluding hydrogens is 917 g/mol. The summed E-state index contributed by atoms with van der Waals surface area (Å²) < 4.78 is 22.5. The number of unbranched alkanes of at least 4 members (excludes halogenated alkanes) is 20. The first-order valence-electron chi connectivity index (χ1n) is 29.7. The summed E-state index contributed by atoms with van der Waals surface area (Å²) in [5, 5.41) is 0. The molecule has 0 aromatic carbocycles. The van der Waals surface area contributed by atoms with E-state index in [1.807, 2.05) is 21.6 Å². The fourth-order valence-electron chi connectivity index (χ4n) is 9.85. The van der Waals surface area contributed by atoms with Crippen LogP contribution < -0.4 is 0 Å². The van der Waals surface area contributed by atoms with Gasteiger partial charge in [0.2, 0.25) is 0 Å². The van der Waals surface area contributed by atoms with Crippen molar-refractivity contribution >= 4 is 45.5 Å². The molecule has 2 aliphatic heterocycles. The monoisotopic (exact) mass is 1020 g/mol. The number of hydrogen-bond donors (Lipinski definition) is 0. The first-order chi connectivity index (χ1) is 34.3. The SMILES string of the molecule is CCCCCCCCCOC(=O)CCCC(=O)OCCC1CCN(CCSSCCN2CCC(CCOC(=O)CCCCCCCC(=O)OC(CCCCCCCC)CCCCCCCC)CC2)CC1. The summed E-state index contributed by atoms with van der Waals surface area (Å²) in [5.41, 5.74) is 0. The van der Waals surface area contributed by atoms with Crippen molar-refractivity contribution in [3.63, 3.8) is 0 Å². The number of piperidine rings is 2. The van der Waals surface area contributed by atoms with Crippen LogP contribution in [0.25, 0.3) is 0 Å². The Morgan fingerprint density at radius 2 is 0.757 bits per heavy atom. The van der Waals surface area contributed by atoms with E-state index in [0.717, 1.165) is 121 Å². The number of ether oxygens (including phenoxy) is 4. The smallest absolute Gasteiger partial charge is 0.306 e. The van der Waals surface area contributed by atoms with Gasteiger partial charge < -0.3 is 28.7 Å². The predicted molar refractivity (Wildman–Crippen MR) is 295 cm³/mol. The predicted octanol–water partition coefficient (Wildman–Crippen LogP) is 15.3. The number of carbonyl (C=O) groups is 4. The third-order valence-corrected chi connectivity index (χ3v) is 17.0. The first-order valence-corrected chi connectivity index (χ1v) is 32.2. The van der Waals surface area contributed by atoms with E-state index >= 15 is 0 Å². The average Bonchev–Trinajstić information content (AvgIpc) is 3.36. The lowest BCUT2D eigenvalue weighted by Gasteiger charge is -2.32. The molecule has 2 fully saturated rings. The van der Waals surface area contributed by atoms with Crippen LogP contribution in [0, 0.1) is 11.8 Å². The standard InChI is InChI=1S/C58H108N2O8S2/c1-4-7-10-13-16-22-27-47-65-56(62)33-28-34-57(63)67-49-40-53-37-43-60(44-38-53)46-51-70-69-50-45-59-41-35-52(36-42-59)39-48-66-55(61)31-25-20-17-21-26-32-58(64)68-54(29-23-18-14-11-8-5-2)30-24-19-15-12-9-6-3/h52-54H,4-51H2,1-3H3. The van der Waals surface area contributed by atoms with E-state index in [-0.39, 0.29) is 42.8 Å². The first kappa shape index (κ1) is 64.6. The van der Waals surface area contributed by atoms with Crippen LogP contribution in [0.4, 0.5) is 0 Å². The highest BCUT2D eigenvalue weighted by molar-refractivity contribution is 8.76. The molecule has 2 heterocycles. The van der Waals surface area contributed by atoms with Crippen molar-refractivity contribution in [3.05, 3.63) is 0 Å². The van der Waals surface area contributed by atoms with Gasteiger partial charge in [-0.2, -0.15) is 0 Å². The molecule has 0 unspecified atom stereocenters. The zero-order chi connectivity index (χ0) is 50.4. The molecule has 0 atom stereocenters. The van der Waals surface area contributed by atoms with Gasteiger partial charge in [0.25, 0.3) is 0 Å². The molecule has 0 N–H and O–H groups in total. The lowest BCUT2D eigenvalue weighted by molar-refractivity contribution is -0.150. The molecule has 70 heavy (non-hydrogen) atoms. The fourth-order valence-corrected chi connectivity index (χ4v) is 11.9. The number of nitrogens with zero attached hydrogens (tertiary/aromatic N) is 2. The molecular formula is C58H108N2O8S2. The maximum absolute atomic E-state index is 12.7. The minimum Gasteiger partial charge on any atom is -0.466 e. The minimum absolute atomic E-state index is 0.0180. The summed E-state index contributed by atoms with van der Waals surface area (Å²) in [6.45, 7) is 15.1. The van der Waals surface area contributed by atoms with Gasteiger partial charge in [-0.05, 0) is 128 Å². The average molecular weight is 1030 g/mol. The topological polar surface area (TPSA) is 112 Å². The third-order valence-electron chi connectivity index (χ3n) is 14.6. The van der Waals surface area contributed by atoms with E-state index in [1.54, 1.807) is 0 Å². The van der Waals surface area contributed by atoms with Crippen molar-refractivity contribution in [1.29, 1.82) is 0 Å². The molecule has 0 amide bonds. The Labute approximate surface area is 438 Å². The normalized spacial score (nSPS) is 15.1. The number of hydrogen-bond acceptors (Lipinski definition) is 12. The van der Waals surface area contributed by atoms with Gasteiger partial charge >= 0.3 is 23.9 Å². The molecule has 10 nitrogen and oxygen atoms in total. The van der Waals surface area contributed by atoms with E-state index in [2.05, 4.69) is 30.6 Å². The van der Waals surface area contributed by atoms with Crippen LogP contribution in [0.3, 0.4) is 0 Å². The van der Waals surface area contributed by atoms with Crippen LogP contribution in [0.5, 0.6) is 0 Å². The molecule has 2 rings (SSSR count). The maximum atomic E-state index is 12.7. The Morgan fingerprint density at radius 3 is 1.19 bits per heavy atom. The molecule has 2 aliphatic rings. The summed E-state index contributed by atoms with van der Waals surface area (Å²) in [5.74, 6) is 3.09. The maximum Gasteiger partial charge on any atom is 0.306 e. The van der Waals surface area contributed by atoms with Crippen LogP contribution in [0.1, 0.15) is 258 Å². The third kappa shape index (κ3) is 39.0. The molecule has 12 heteroatoms. The largest absolute Gasteiger partial charge is 0.466 e. The van der Waals surface area contributed by atoms with Crippen molar-refractivity contribution in [2.45, 2.75) is 264 Å². The lowest BCUT2D eigenvalue weighted by Crippen LogP contribution is -2.36. The van der Waals surface area contributed by atoms with E-state index in [4.69, 9.17) is 18.9 Å². The summed E-state index contributed by atoms with van der Waals surface area (Å²) in [4.78, 5) is 54.5. The van der Waals surface area contributed by atoms with Gasteiger partial charge in [0, 0.05) is 50.3 Å². The molecule has 410 valence electrons. The Hall–Kier alpha value is -1.50. The second-order valence-electron chi connectivity index (χ2n) is 20.9. The fraction of sp³-hybridized carbons (Fsp3) is 0.931. The van der Waals surface area contributed by atoms with E-state index in [9.17, 15) is 19.2 Å². The number of carbonyl (C=O) groups excluding carboxylic acids is 4. The number of rotatable bonds is 48. The summed E-state index contributed by atoms with van der Waals surface area (Å²) in [7, 11) is 4.00. The zero-order valence-electron chi connectivity index (χ0n) is 45.7. The number of likely N-dealkylation sites (tertiary alicyclic amines) is 2. The van der Waals surface area contributed by atoms with Gasteiger partial charge in [0.1, 0.15) is 6.10 Å². The van der Waals surface area contributed by atoms with E-state index in [0.29, 0.717) is 50.9 Å². The van der Waals surface area contributed by atoms with Crippen molar-refractivity contribution in [2.24, 2.45) is 11.8 Å². The second-order valence-corrected chi connectivity index (χ2v) is 23.6. The van der Waals surface area contributed by atoms with Crippen molar-refractivity contribution in [2.75, 3.05) is 70.6 Å². The summed E-state index contributed by atoms with van der Waals surface area (Å²) >= 11 is 0. The van der Waals surface area contributed by atoms with E-state index in [1.165, 1.54) is 135 Å². The van der Waals surface area contributed by atoms with Crippen LogP contribution in [0.15, 0.2) is 0 Å². The van der Waals surface area contributed by atoms with E-state index < -0.39 is 0 Å². The highest BCUT2D eigenvalue weighted by Crippen LogP contribution is 2.26. The Morgan fingerprint density at radius 1 is 0.414 bits per heavy atom. The van der Waals surface area contributed by atoms with Crippen molar-refractivity contribution in [3.8, 4) is 0 Å². The van der Waals surface area contributed by atoms with Crippen molar-refractivity contribution in [1.82, 2.24) is 9.80 Å². The Balaban J connectivity index is 1.36. The lowest BCUT2D eigenvalue weighted by atomic mass is 9.94. The van der Waals surface area contributed by atoms with Crippen molar-refractivity contribution < 1.29 is 38.1 Å². The molecule has 0 radical (unpaired) electrons. The second kappa shape index (κ2) is 47.2. The van der Waals surface area contributed by atoms with Crippen LogP contribution >= 0.6 is 21.6 Å².